The highest BCUT2D eigenvalue weighted by Crippen LogP contribution is 2.46. The van der Waals surface area contributed by atoms with Crippen molar-refractivity contribution in [2.24, 2.45) is 0 Å². The summed E-state index contributed by atoms with van der Waals surface area (Å²) in [6.45, 7) is 0. The molecular weight excluding hydrogens is 917 g/mol. The Labute approximate surface area is 432 Å². The zero-order valence-corrected chi connectivity index (χ0v) is 40.9. The van der Waals surface area contributed by atoms with Gasteiger partial charge in [-0.3, -0.25) is 0 Å². The number of fused-ring (bicyclic) bond motifs is 6. The maximum Gasteiger partial charge on any atom is 0.164 e. The summed E-state index contributed by atoms with van der Waals surface area (Å²) in [7, 11) is 0. The van der Waals surface area contributed by atoms with Crippen LogP contribution in [0.5, 0.6) is 0 Å². The Morgan fingerprint density at radius 1 is 0.243 bits per heavy atom. The van der Waals surface area contributed by atoms with Crippen LogP contribution in [-0.4, -0.2) is 19.5 Å². The Bertz CT molecular complexity index is 4260. The Kier molecular flexibility index (Phi) is 10.7. The lowest BCUT2D eigenvalue weighted by Crippen LogP contribution is -2.04. The van der Waals surface area contributed by atoms with Crippen LogP contribution in [0.15, 0.2) is 267 Å². The molecule has 3 heterocycles. The van der Waals surface area contributed by atoms with Crippen LogP contribution in [0, 0.1) is 0 Å². The molecule has 3 aromatic heterocycles. The highest BCUT2D eigenvalue weighted by molar-refractivity contribution is 7.25. The Hall–Kier alpha value is -9.55. The lowest BCUT2D eigenvalue weighted by molar-refractivity contribution is 1.07. The van der Waals surface area contributed by atoms with Gasteiger partial charge in [-0.15, -0.1) is 11.3 Å². The van der Waals surface area contributed by atoms with Gasteiger partial charge in [0.25, 0.3) is 0 Å². The quantitative estimate of drug-likeness (QED) is 0.145. The second-order valence-electron chi connectivity index (χ2n) is 18.7. The smallest absolute Gasteiger partial charge is 0.164 e. The van der Waals surface area contributed by atoms with E-state index in [4.69, 9.17) is 15.0 Å². The second-order valence-corrected chi connectivity index (χ2v) is 19.8. The molecular formula is C69H44N4S. The third-order valence-electron chi connectivity index (χ3n) is 14.2. The minimum atomic E-state index is 0.582. The summed E-state index contributed by atoms with van der Waals surface area (Å²) < 4.78 is 5.05. The van der Waals surface area contributed by atoms with Crippen molar-refractivity contribution < 1.29 is 0 Å². The summed E-state index contributed by atoms with van der Waals surface area (Å²) in [6.07, 6.45) is 0. The van der Waals surface area contributed by atoms with Crippen molar-refractivity contribution in [1.82, 2.24) is 19.5 Å². The van der Waals surface area contributed by atoms with E-state index in [2.05, 4.69) is 265 Å². The summed E-state index contributed by atoms with van der Waals surface area (Å²) in [4.78, 5) is 16.3. The first-order valence-electron chi connectivity index (χ1n) is 25.0. The second kappa shape index (κ2) is 18.2. The monoisotopic (exact) mass is 960 g/mol. The number of benzene rings is 11. The molecule has 0 aliphatic carbocycles. The van der Waals surface area contributed by atoms with E-state index in [9.17, 15) is 0 Å². The lowest BCUT2D eigenvalue weighted by atomic mass is 9.92. The van der Waals surface area contributed by atoms with Crippen LogP contribution in [0.25, 0.3) is 137 Å². The van der Waals surface area contributed by atoms with E-state index in [0.717, 1.165) is 89.0 Å². The third-order valence-corrected chi connectivity index (χ3v) is 15.4. The van der Waals surface area contributed by atoms with Crippen molar-refractivity contribution in [3.63, 3.8) is 0 Å². The number of para-hydroxylation sites is 1. The zero-order chi connectivity index (χ0) is 49.0. The van der Waals surface area contributed by atoms with E-state index in [1.165, 1.54) is 30.9 Å². The molecule has 0 bridgehead atoms. The van der Waals surface area contributed by atoms with Gasteiger partial charge in [-0.25, -0.2) is 15.0 Å². The fourth-order valence-corrected chi connectivity index (χ4v) is 11.8. The third kappa shape index (κ3) is 7.75. The van der Waals surface area contributed by atoms with E-state index >= 15 is 0 Å². The van der Waals surface area contributed by atoms with Gasteiger partial charge < -0.3 is 4.57 Å². The van der Waals surface area contributed by atoms with E-state index < -0.39 is 0 Å². The molecule has 0 amide bonds. The average Bonchev–Trinajstić information content (AvgIpc) is 4.06. The molecule has 0 fully saturated rings. The van der Waals surface area contributed by atoms with E-state index in [0.29, 0.717) is 17.5 Å². The summed E-state index contributed by atoms with van der Waals surface area (Å²) >= 11 is 1.85. The number of hydrogen-bond acceptors (Lipinski definition) is 4. The molecule has 0 saturated heterocycles. The van der Waals surface area contributed by atoms with Crippen molar-refractivity contribution in [2.75, 3.05) is 0 Å². The van der Waals surface area contributed by atoms with Gasteiger partial charge in [0.2, 0.25) is 0 Å². The van der Waals surface area contributed by atoms with Gasteiger partial charge in [-0.05, 0) is 99.1 Å². The van der Waals surface area contributed by atoms with Gasteiger partial charge in [-0.1, -0.05) is 212 Å². The molecule has 14 rings (SSSR count). The molecule has 0 spiro atoms. The van der Waals surface area contributed by atoms with Crippen LogP contribution < -0.4 is 0 Å². The molecule has 14 aromatic rings. The number of nitrogens with zero attached hydrogens (tertiary/aromatic N) is 4. The lowest BCUT2D eigenvalue weighted by Gasteiger charge is -2.21. The first-order chi connectivity index (χ1) is 36.7. The number of thiophene rings is 1. The van der Waals surface area contributed by atoms with Crippen LogP contribution in [0.2, 0.25) is 0 Å². The maximum absolute atomic E-state index is 5.52. The normalized spacial score (nSPS) is 11.5. The molecule has 0 N–H and O–H groups in total. The van der Waals surface area contributed by atoms with Gasteiger partial charge in [0, 0.05) is 58.8 Å². The molecule has 4 nitrogen and oxygen atoms in total. The number of rotatable bonds is 9. The number of aromatic nitrogens is 4. The largest absolute Gasteiger partial charge is 0.308 e. The Balaban J connectivity index is 1.05. The van der Waals surface area contributed by atoms with Crippen LogP contribution >= 0.6 is 11.3 Å². The summed E-state index contributed by atoms with van der Waals surface area (Å²) in [5.41, 5.74) is 17.1. The highest BCUT2D eigenvalue weighted by Gasteiger charge is 2.24. The zero-order valence-electron chi connectivity index (χ0n) is 40.1. The topological polar surface area (TPSA) is 43.6 Å². The van der Waals surface area contributed by atoms with Crippen molar-refractivity contribution in [1.29, 1.82) is 0 Å². The van der Waals surface area contributed by atoms with Gasteiger partial charge in [0.15, 0.2) is 17.5 Å². The molecule has 0 radical (unpaired) electrons. The Morgan fingerprint density at radius 2 is 0.649 bits per heavy atom. The van der Waals surface area contributed by atoms with Crippen LogP contribution in [0.4, 0.5) is 0 Å². The van der Waals surface area contributed by atoms with E-state index in [1.807, 2.05) is 17.4 Å². The molecule has 0 saturated carbocycles. The van der Waals surface area contributed by atoms with Gasteiger partial charge >= 0.3 is 0 Å². The summed E-state index contributed by atoms with van der Waals surface area (Å²) in [5.74, 6) is 1.77. The first kappa shape index (κ1) is 43.3. The summed E-state index contributed by atoms with van der Waals surface area (Å²) in [5, 5.41) is 5.00. The molecule has 0 aliphatic heterocycles. The molecule has 0 unspecified atom stereocenters. The maximum atomic E-state index is 5.52. The first-order valence-corrected chi connectivity index (χ1v) is 25.8. The van der Waals surface area contributed by atoms with Crippen molar-refractivity contribution >= 4 is 53.3 Å². The molecule has 74 heavy (non-hydrogen) atoms. The van der Waals surface area contributed by atoms with Crippen molar-refractivity contribution in [2.45, 2.75) is 0 Å². The predicted octanol–water partition coefficient (Wildman–Crippen LogP) is 18.7. The average molecular weight is 961 g/mol. The molecule has 346 valence electrons. The van der Waals surface area contributed by atoms with Gasteiger partial charge in [0.05, 0.1) is 16.7 Å². The molecule has 11 aromatic carbocycles. The fourth-order valence-electron chi connectivity index (χ4n) is 10.7. The van der Waals surface area contributed by atoms with Crippen molar-refractivity contribution in [3.05, 3.63) is 267 Å². The minimum Gasteiger partial charge on any atom is -0.308 e. The highest BCUT2D eigenvalue weighted by atomic mass is 32.1. The minimum absolute atomic E-state index is 0.582. The summed E-state index contributed by atoms with van der Waals surface area (Å²) in [6, 6.07) is 95.4. The van der Waals surface area contributed by atoms with E-state index in [1.54, 1.807) is 0 Å². The SMILES string of the molecule is c1ccc(-c2ccc(-c3nc(-c4cc(-c5ccccc5)cc(-c5ccccc5)c4)nc(-c4cc(-c5ccccc5)c(-n5c6ccccc6c6cc7c(cc65)sc5ccccc57)c(-c5ccccc5)c4)n3)cc2)cc1. The molecule has 0 atom stereocenters. The predicted molar refractivity (Wildman–Crippen MR) is 311 cm³/mol. The molecule has 0 aliphatic rings. The van der Waals surface area contributed by atoms with Crippen molar-refractivity contribution in [3.8, 4) is 95.5 Å². The molecule has 5 heteroatoms. The fraction of sp³-hybridized carbons (Fsp3) is 0. The Morgan fingerprint density at radius 3 is 1.20 bits per heavy atom. The standard InChI is InChI=1S/C69H44N4S/c1-6-20-45(21-7-1)48-34-36-51(37-35-48)67-70-68(54-39-52(46-22-8-2-9-23-46)38-53(40-54)47-24-10-3-11-25-47)72-69(71-67)55-41-58(49-26-12-4-13-27-49)66(59(42-55)50-28-14-5-15-29-50)73-62-32-18-16-30-56(62)60-43-61-57-31-17-19-33-64(57)74-65(61)44-63(60)73/h1-44H. The van der Waals surface area contributed by atoms with Crippen LogP contribution in [0.3, 0.4) is 0 Å². The van der Waals surface area contributed by atoms with Crippen LogP contribution in [-0.2, 0) is 0 Å². The van der Waals surface area contributed by atoms with Gasteiger partial charge in [-0.2, -0.15) is 0 Å². The van der Waals surface area contributed by atoms with E-state index in [-0.39, 0.29) is 0 Å². The van der Waals surface area contributed by atoms with Gasteiger partial charge in [0.1, 0.15) is 0 Å². The van der Waals surface area contributed by atoms with Crippen LogP contribution in [0.1, 0.15) is 0 Å². The number of hydrogen-bond donors (Lipinski definition) is 0.